The molecule has 0 radical (unpaired) electrons. The van der Waals surface area contributed by atoms with Crippen molar-refractivity contribution in [3.05, 3.63) is 46.5 Å². The third-order valence-electron chi connectivity index (χ3n) is 4.64. The number of carbonyl (C=O) groups is 1. The first kappa shape index (κ1) is 23.8. The number of aliphatic imine (C=N–C) groups is 1. The van der Waals surface area contributed by atoms with Gasteiger partial charge in [-0.15, -0.1) is 0 Å². The molecule has 30 heavy (non-hydrogen) atoms. The number of nitrogens with one attached hydrogen (secondary N) is 2. The van der Waals surface area contributed by atoms with Gasteiger partial charge in [-0.25, -0.2) is 0 Å². The van der Waals surface area contributed by atoms with E-state index in [2.05, 4.69) is 25.2 Å². The van der Waals surface area contributed by atoms with Crippen LogP contribution in [0.15, 0.2) is 45.8 Å². The van der Waals surface area contributed by atoms with E-state index < -0.39 is 12.5 Å². The predicted molar refractivity (Wildman–Crippen MR) is 115 cm³/mol. The monoisotopic (exact) mass is 440 g/mol. The van der Waals surface area contributed by atoms with Crippen LogP contribution >= 0.6 is 11.6 Å². The molecule has 2 rings (SSSR count). The third-order valence-corrected chi connectivity index (χ3v) is 4.97. The highest BCUT2D eigenvalue weighted by molar-refractivity contribution is 6.31. The van der Waals surface area contributed by atoms with Crippen LogP contribution < -0.4 is 5.32 Å². The van der Waals surface area contributed by atoms with Gasteiger partial charge in [-0.3, -0.25) is 14.9 Å². The molecule has 1 unspecified atom stereocenters. The minimum Gasteiger partial charge on any atom is -0.433 e. The average Bonchev–Trinajstić information content (AvgIpc) is 3.46. The Morgan fingerprint density at radius 1 is 1.43 bits per heavy atom. The number of carbonyl (C=O) groups excluding carboxylic acids is 1. The van der Waals surface area contributed by atoms with Gasteiger partial charge in [0.25, 0.3) is 0 Å². The molecule has 0 spiro atoms. The van der Waals surface area contributed by atoms with Crippen molar-refractivity contribution < 1.29 is 18.3 Å². The molecule has 2 N–H and O–H groups in total. The molecule has 164 valence electrons. The Bertz CT molecular complexity index is 870. The molecule has 0 aliphatic heterocycles. The van der Waals surface area contributed by atoms with Crippen molar-refractivity contribution in [2.75, 3.05) is 5.32 Å². The molecule has 9 heteroatoms. The van der Waals surface area contributed by atoms with Crippen LogP contribution in [0.5, 0.6) is 0 Å². The van der Waals surface area contributed by atoms with Crippen molar-refractivity contribution in [3.63, 3.8) is 0 Å². The first-order valence-corrected chi connectivity index (χ1v) is 10.2. The standard InChI is InChI=1S/C21H27ClF2N4O2/c1-5-14(22)10-18(30-21(23)24)16(7-3)25-15(6-2)12(4)20(29)26-19-11-17(27-28-19)13-8-9-13/h5-6,10-13,21H,7-9H2,1-4H3,(H2,26,27,28,29)/b14-5+,15-6-,18-10+,25-16-. The summed E-state index contributed by atoms with van der Waals surface area (Å²) in [5.74, 6) is -0.132. The molecular formula is C21H27ClF2N4O2. The van der Waals surface area contributed by atoms with Crippen LogP contribution in [-0.2, 0) is 9.53 Å². The highest BCUT2D eigenvalue weighted by Gasteiger charge is 2.26. The topological polar surface area (TPSA) is 79.4 Å². The predicted octanol–water partition coefficient (Wildman–Crippen LogP) is 5.88. The van der Waals surface area contributed by atoms with Crippen molar-refractivity contribution in [2.24, 2.45) is 10.9 Å². The summed E-state index contributed by atoms with van der Waals surface area (Å²) >= 11 is 5.96. The van der Waals surface area contributed by atoms with Gasteiger partial charge in [-0.1, -0.05) is 30.7 Å². The van der Waals surface area contributed by atoms with Gasteiger partial charge in [0.15, 0.2) is 5.82 Å². The van der Waals surface area contributed by atoms with E-state index in [9.17, 15) is 13.6 Å². The summed E-state index contributed by atoms with van der Waals surface area (Å²) in [7, 11) is 0. The fraction of sp³-hybridized carbons (Fsp3) is 0.476. The zero-order chi connectivity index (χ0) is 22.3. The summed E-state index contributed by atoms with van der Waals surface area (Å²) in [5, 5.41) is 10.1. The Labute approximate surface area is 180 Å². The number of nitrogens with zero attached hydrogens (tertiary/aromatic N) is 2. The SMILES string of the molecule is C\C=C(/N=C(CC)\C(=C/C(Cl)=C\C)OC(F)F)C(C)C(=O)Nc1cc(C2CC2)[nH]n1. The quantitative estimate of drug-likeness (QED) is 0.271. The Morgan fingerprint density at radius 3 is 2.67 bits per heavy atom. The lowest BCUT2D eigenvalue weighted by atomic mass is 10.1. The Hall–Kier alpha value is -2.48. The van der Waals surface area contributed by atoms with Gasteiger partial charge >= 0.3 is 6.61 Å². The first-order valence-electron chi connectivity index (χ1n) is 9.87. The summed E-state index contributed by atoms with van der Waals surface area (Å²) < 4.78 is 30.4. The summed E-state index contributed by atoms with van der Waals surface area (Å²) in [4.78, 5) is 17.1. The second-order valence-corrected chi connectivity index (χ2v) is 7.32. The van der Waals surface area contributed by atoms with Gasteiger partial charge in [0.05, 0.1) is 11.6 Å². The molecule has 0 bridgehead atoms. The lowest BCUT2D eigenvalue weighted by Gasteiger charge is -2.15. The summed E-state index contributed by atoms with van der Waals surface area (Å²) in [6.07, 6.45) is 7.06. The number of aromatic amines is 1. The molecular weight excluding hydrogens is 414 g/mol. The number of hydrogen-bond donors (Lipinski definition) is 2. The summed E-state index contributed by atoms with van der Waals surface area (Å²) in [6.45, 7) is 3.82. The normalized spacial score (nSPS) is 17.3. The highest BCUT2D eigenvalue weighted by Crippen LogP contribution is 2.39. The number of anilines is 1. The molecule has 1 aromatic heterocycles. The van der Waals surface area contributed by atoms with E-state index in [-0.39, 0.29) is 22.4 Å². The summed E-state index contributed by atoms with van der Waals surface area (Å²) in [6, 6.07) is 1.83. The maximum Gasteiger partial charge on any atom is 0.387 e. The van der Waals surface area contributed by atoms with Crippen molar-refractivity contribution >= 4 is 29.0 Å². The van der Waals surface area contributed by atoms with Crippen molar-refractivity contribution in [2.45, 2.75) is 59.5 Å². The van der Waals surface area contributed by atoms with Gasteiger partial charge in [0, 0.05) is 34.5 Å². The van der Waals surface area contributed by atoms with Crippen LogP contribution in [0.3, 0.4) is 0 Å². The lowest BCUT2D eigenvalue weighted by molar-refractivity contribution is -0.118. The van der Waals surface area contributed by atoms with Crippen LogP contribution in [0.1, 0.15) is 58.6 Å². The van der Waals surface area contributed by atoms with Gasteiger partial charge in [0.1, 0.15) is 5.76 Å². The minimum absolute atomic E-state index is 0.135. The molecule has 1 aliphatic rings. The Morgan fingerprint density at radius 2 is 2.13 bits per heavy atom. The zero-order valence-electron chi connectivity index (χ0n) is 17.5. The molecule has 1 saturated carbocycles. The number of allylic oxidation sites excluding steroid dienone is 5. The van der Waals surface area contributed by atoms with Crippen LogP contribution in [0.4, 0.5) is 14.6 Å². The largest absolute Gasteiger partial charge is 0.433 e. The summed E-state index contributed by atoms with van der Waals surface area (Å²) in [5.41, 5.74) is 1.69. The third kappa shape index (κ3) is 6.79. The van der Waals surface area contributed by atoms with Crippen LogP contribution in [0, 0.1) is 5.92 Å². The van der Waals surface area contributed by atoms with Crippen LogP contribution in [0.2, 0.25) is 0 Å². The Balaban J connectivity index is 2.19. The molecule has 1 amide bonds. The van der Waals surface area contributed by atoms with E-state index in [0.717, 1.165) is 18.5 Å². The smallest absolute Gasteiger partial charge is 0.387 e. The van der Waals surface area contributed by atoms with Crippen LogP contribution in [0.25, 0.3) is 0 Å². The number of hydrogen-bond acceptors (Lipinski definition) is 4. The minimum atomic E-state index is -3.02. The molecule has 1 aliphatic carbocycles. The number of halogens is 3. The maximum absolute atomic E-state index is 12.9. The second-order valence-electron chi connectivity index (χ2n) is 6.88. The van der Waals surface area contributed by atoms with E-state index in [0.29, 0.717) is 23.9 Å². The number of amides is 1. The number of H-pyrrole nitrogens is 1. The van der Waals surface area contributed by atoms with Gasteiger partial charge < -0.3 is 10.1 Å². The molecule has 0 saturated heterocycles. The second kappa shape index (κ2) is 11.1. The van der Waals surface area contributed by atoms with Gasteiger partial charge in [-0.05, 0) is 40.0 Å². The number of alkyl halides is 2. The molecule has 6 nitrogen and oxygen atoms in total. The van der Waals surface area contributed by atoms with Crippen molar-refractivity contribution in [1.29, 1.82) is 0 Å². The van der Waals surface area contributed by atoms with E-state index >= 15 is 0 Å². The molecule has 1 fully saturated rings. The molecule has 0 aromatic carbocycles. The Kier molecular flexibility index (Phi) is 8.77. The van der Waals surface area contributed by atoms with Crippen molar-refractivity contribution in [1.82, 2.24) is 10.2 Å². The fourth-order valence-electron chi connectivity index (χ4n) is 2.74. The van der Waals surface area contributed by atoms with E-state index in [1.54, 1.807) is 39.8 Å². The average molecular weight is 441 g/mol. The van der Waals surface area contributed by atoms with Gasteiger partial charge in [-0.2, -0.15) is 13.9 Å². The van der Waals surface area contributed by atoms with Crippen molar-refractivity contribution in [3.8, 4) is 0 Å². The lowest BCUT2D eigenvalue weighted by Crippen LogP contribution is -2.22. The van der Waals surface area contributed by atoms with E-state index in [4.69, 9.17) is 11.6 Å². The van der Waals surface area contributed by atoms with Gasteiger partial charge in [0.2, 0.25) is 5.91 Å². The number of aromatic nitrogens is 2. The maximum atomic E-state index is 12.9. The molecule has 1 heterocycles. The zero-order valence-corrected chi connectivity index (χ0v) is 18.3. The van der Waals surface area contributed by atoms with E-state index in [1.165, 1.54) is 6.08 Å². The van der Waals surface area contributed by atoms with E-state index in [1.807, 2.05) is 6.07 Å². The fourth-order valence-corrected chi connectivity index (χ4v) is 2.84. The molecule has 1 atom stereocenters. The highest BCUT2D eigenvalue weighted by atomic mass is 35.5. The number of ether oxygens (including phenoxy) is 1. The van der Waals surface area contributed by atoms with Crippen LogP contribution in [-0.4, -0.2) is 28.4 Å². The number of rotatable bonds is 10. The first-order chi connectivity index (χ1) is 14.3. The molecule has 1 aromatic rings.